The van der Waals surface area contributed by atoms with E-state index in [0.29, 0.717) is 0 Å². The van der Waals surface area contributed by atoms with E-state index < -0.39 is 0 Å². The van der Waals surface area contributed by atoms with E-state index in [1.54, 1.807) is 0 Å². The number of hydrazone groups is 1. The van der Waals surface area contributed by atoms with Gasteiger partial charge in [-0.15, -0.1) is 0 Å². The average molecular weight is 198 g/mol. The third-order valence-electron chi connectivity index (χ3n) is 2.01. The summed E-state index contributed by atoms with van der Waals surface area (Å²) >= 11 is 0. The molecule has 0 bridgehead atoms. The first-order chi connectivity index (χ1) is 6.66. The minimum atomic E-state index is -0.102. The Morgan fingerprint density at radius 1 is 1.29 bits per heavy atom. The van der Waals surface area contributed by atoms with Gasteiger partial charge in [-0.05, 0) is 19.8 Å². The Kier molecular flexibility index (Phi) is 7.89. The molecular formula is C10H22N4. The summed E-state index contributed by atoms with van der Waals surface area (Å²) in [6.45, 7) is 4.17. The highest BCUT2D eigenvalue weighted by atomic mass is 15.3. The van der Waals surface area contributed by atoms with Crippen LogP contribution >= 0.6 is 0 Å². The normalized spacial score (nSPS) is 11.4. The molecule has 0 aliphatic carbocycles. The van der Waals surface area contributed by atoms with Crippen molar-refractivity contribution in [2.45, 2.75) is 52.4 Å². The molecule has 0 aromatic carbocycles. The average Bonchev–Trinajstić information content (AvgIpc) is 2.14. The fraction of sp³-hybridized carbons (Fsp3) is 0.800. The van der Waals surface area contributed by atoms with Crippen LogP contribution in [0.25, 0.3) is 0 Å². The van der Waals surface area contributed by atoms with Crippen LogP contribution in [-0.2, 0) is 0 Å². The maximum Gasteiger partial charge on any atom is 0.206 e. The number of nitrogens with one attached hydrogen (secondary N) is 2. The highest BCUT2D eigenvalue weighted by molar-refractivity contribution is 5.83. The molecule has 0 atom stereocenters. The molecule has 0 unspecified atom stereocenters. The molecule has 4 N–H and O–H groups in total. The van der Waals surface area contributed by atoms with Crippen molar-refractivity contribution >= 4 is 11.7 Å². The molecule has 0 aliphatic heterocycles. The van der Waals surface area contributed by atoms with Gasteiger partial charge in [0.2, 0.25) is 5.96 Å². The number of rotatable bonds is 7. The number of nitrogens with two attached hydrogens (primary N) is 1. The molecule has 0 fully saturated rings. The van der Waals surface area contributed by atoms with Crippen LogP contribution in [0.5, 0.6) is 0 Å². The van der Waals surface area contributed by atoms with Crippen molar-refractivity contribution in [1.82, 2.24) is 5.43 Å². The second kappa shape index (κ2) is 8.53. The Labute approximate surface area is 86.5 Å². The second-order valence-electron chi connectivity index (χ2n) is 3.54. The zero-order valence-electron chi connectivity index (χ0n) is 9.27. The zero-order valence-corrected chi connectivity index (χ0v) is 9.27. The first-order valence-corrected chi connectivity index (χ1v) is 5.30. The molecule has 4 heteroatoms. The third-order valence-corrected chi connectivity index (χ3v) is 2.01. The maximum atomic E-state index is 6.92. The lowest BCUT2D eigenvalue weighted by molar-refractivity contribution is 0.642. The monoisotopic (exact) mass is 198 g/mol. The Hall–Kier alpha value is -1.06. The molecule has 0 saturated carbocycles. The smallest absolute Gasteiger partial charge is 0.206 e. The number of unbranched alkanes of at least 4 members (excludes halogenated alkanes) is 4. The van der Waals surface area contributed by atoms with Crippen molar-refractivity contribution in [3.05, 3.63) is 0 Å². The summed E-state index contributed by atoms with van der Waals surface area (Å²) in [7, 11) is 0. The Bertz CT molecular complexity index is 187. The van der Waals surface area contributed by atoms with Gasteiger partial charge in [-0.2, -0.15) is 5.10 Å². The first-order valence-electron chi connectivity index (χ1n) is 5.30. The zero-order chi connectivity index (χ0) is 10.8. The van der Waals surface area contributed by atoms with Gasteiger partial charge < -0.3 is 5.73 Å². The molecule has 0 aromatic rings. The van der Waals surface area contributed by atoms with E-state index in [9.17, 15) is 0 Å². The van der Waals surface area contributed by atoms with Crippen molar-refractivity contribution in [3.63, 3.8) is 0 Å². The first kappa shape index (κ1) is 12.9. The van der Waals surface area contributed by atoms with Crippen LogP contribution < -0.4 is 11.2 Å². The third kappa shape index (κ3) is 9.03. The summed E-state index contributed by atoms with van der Waals surface area (Å²) in [6, 6.07) is 0. The van der Waals surface area contributed by atoms with E-state index in [1.165, 1.54) is 32.1 Å². The Balaban J connectivity index is 3.38. The summed E-state index contributed by atoms with van der Waals surface area (Å²) in [5, 5.41) is 10.9. The number of hydrogen-bond donors (Lipinski definition) is 3. The Morgan fingerprint density at radius 3 is 2.50 bits per heavy atom. The summed E-state index contributed by atoms with van der Waals surface area (Å²) in [6.07, 6.45) is 7.34. The van der Waals surface area contributed by atoms with Gasteiger partial charge in [0, 0.05) is 5.71 Å². The highest BCUT2D eigenvalue weighted by Crippen LogP contribution is 2.05. The summed E-state index contributed by atoms with van der Waals surface area (Å²) in [5.74, 6) is -0.102. The topological polar surface area (TPSA) is 74.3 Å². The fourth-order valence-corrected chi connectivity index (χ4v) is 1.20. The van der Waals surface area contributed by atoms with Gasteiger partial charge in [0.1, 0.15) is 0 Å². The predicted molar refractivity (Wildman–Crippen MR) is 61.5 cm³/mol. The van der Waals surface area contributed by atoms with E-state index in [4.69, 9.17) is 11.1 Å². The molecule has 0 saturated heterocycles. The molecule has 0 rings (SSSR count). The van der Waals surface area contributed by atoms with Crippen molar-refractivity contribution < 1.29 is 0 Å². The lowest BCUT2D eigenvalue weighted by atomic mass is 10.1. The number of nitrogens with zero attached hydrogens (tertiary/aromatic N) is 1. The second-order valence-corrected chi connectivity index (χ2v) is 3.54. The van der Waals surface area contributed by atoms with Crippen LogP contribution in [0.4, 0.5) is 0 Å². The lowest BCUT2D eigenvalue weighted by Gasteiger charge is -2.01. The van der Waals surface area contributed by atoms with E-state index in [2.05, 4.69) is 17.5 Å². The van der Waals surface area contributed by atoms with E-state index in [0.717, 1.165) is 12.1 Å². The largest absolute Gasteiger partial charge is 0.369 e. The van der Waals surface area contributed by atoms with E-state index in [1.807, 2.05) is 6.92 Å². The molecular weight excluding hydrogens is 176 g/mol. The summed E-state index contributed by atoms with van der Waals surface area (Å²) in [4.78, 5) is 0. The molecule has 0 spiro atoms. The minimum Gasteiger partial charge on any atom is -0.369 e. The SMILES string of the molecule is CCCCCCCC(C)=NNC(=N)N. The molecule has 0 heterocycles. The van der Waals surface area contributed by atoms with Gasteiger partial charge in [-0.1, -0.05) is 32.6 Å². The highest BCUT2D eigenvalue weighted by Gasteiger charge is 1.93. The lowest BCUT2D eigenvalue weighted by Crippen LogP contribution is -2.26. The Morgan fingerprint density at radius 2 is 1.93 bits per heavy atom. The molecule has 14 heavy (non-hydrogen) atoms. The van der Waals surface area contributed by atoms with Crippen LogP contribution in [0, 0.1) is 5.41 Å². The number of guanidine groups is 1. The number of hydrogen-bond acceptors (Lipinski definition) is 2. The van der Waals surface area contributed by atoms with E-state index in [-0.39, 0.29) is 5.96 Å². The van der Waals surface area contributed by atoms with Gasteiger partial charge >= 0.3 is 0 Å². The van der Waals surface area contributed by atoms with Gasteiger partial charge in [-0.25, -0.2) is 5.43 Å². The van der Waals surface area contributed by atoms with E-state index >= 15 is 0 Å². The maximum absolute atomic E-state index is 6.92. The van der Waals surface area contributed by atoms with Crippen molar-refractivity contribution in [2.75, 3.05) is 0 Å². The van der Waals surface area contributed by atoms with Crippen molar-refractivity contribution in [2.24, 2.45) is 10.8 Å². The van der Waals surface area contributed by atoms with Crippen LogP contribution in [0.15, 0.2) is 5.10 Å². The van der Waals surface area contributed by atoms with Gasteiger partial charge in [0.25, 0.3) is 0 Å². The van der Waals surface area contributed by atoms with Crippen LogP contribution in [0.1, 0.15) is 52.4 Å². The molecule has 82 valence electrons. The van der Waals surface area contributed by atoms with Crippen LogP contribution in [-0.4, -0.2) is 11.7 Å². The quantitative estimate of drug-likeness (QED) is 0.254. The molecule has 0 aromatic heterocycles. The standard InChI is InChI=1S/C10H22N4/c1-3-4-5-6-7-8-9(2)13-14-10(11)12/h3-8H2,1-2H3,(H4,11,12,14). The predicted octanol–water partition coefficient (Wildman–Crippen LogP) is 2.21. The summed E-state index contributed by atoms with van der Waals surface area (Å²) < 4.78 is 0. The molecule has 4 nitrogen and oxygen atoms in total. The molecule has 0 amide bonds. The minimum absolute atomic E-state index is 0.102. The van der Waals surface area contributed by atoms with Gasteiger partial charge in [0.05, 0.1) is 0 Å². The van der Waals surface area contributed by atoms with Crippen LogP contribution in [0.3, 0.4) is 0 Å². The summed E-state index contributed by atoms with van der Waals surface area (Å²) in [5.41, 5.74) is 8.56. The van der Waals surface area contributed by atoms with Crippen molar-refractivity contribution in [3.8, 4) is 0 Å². The fourth-order valence-electron chi connectivity index (χ4n) is 1.20. The molecule has 0 radical (unpaired) electrons. The van der Waals surface area contributed by atoms with Gasteiger partial charge in [-0.3, -0.25) is 5.41 Å². The van der Waals surface area contributed by atoms with Gasteiger partial charge in [0.15, 0.2) is 0 Å². The van der Waals surface area contributed by atoms with Crippen molar-refractivity contribution in [1.29, 1.82) is 5.41 Å². The molecule has 0 aliphatic rings. The van der Waals surface area contributed by atoms with Crippen LogP contribution in [0.2, 0.25) is 0 Å².